The predicted molar refractivity (Wildman–Crippen MR) is 158 cm³/mol. The second kappa shape index (κ2) is 12.2. The molecule has 1 aliphatic heterocycles. The highest BCUT2D eigenvalue weighted by Crippen LogP contribution is 2.29. The van der Waals surface area contributed by atoms with E-state index in [0.717, 1.165) is 60.0 Å². The van der Waals surface area contributed by atoms with E-state index in [2.05, 4.69) is 48.6 Å². The number of aryl methyl sites for hydroxylation is 2. The Morgan fingerprint density at radius 2 is 1.85 bits per heavy atom. The standard InChI is InChI=1S/C29H33FN8OS/c1-19-5-6-20(17-38-11-9-36(2)10-12-38)13-25(19)33-28(39)21-7-8-24(23(30)14-21)34-29-31-16-26(40-4)27(35-29)22-15-32-37(3)18-22/h5-8,13-16,18H,9-12,17H2,1-4H3,(H,33,39)(H,31,34,35). The Morgan fingerprint density at radius 1 is 1.05 bits per heavy atom. The van der Waals surface area contributed by atoms with Crippen molar-refractivity contribution in [2.24, 2.45) is 7.05 Å². The van der Waals surface area contributed by atoms with Gasteiger partial charge < -0.3 is 15.5 Å². The summed E-state index contributed by atoms with van der Waals surface area (Å²) in [5.74, 6) is -0.695. The number of nitrogens with one attached hydrogen (secondary N) is 2. The normalized spacial score (nSPS) is 14.3. The summed E-state index contributed by atoms with van der Waals surface area (Å²) < 4.78 is 16.8. The molecule has 0 aliphatic carbocycles. The van der Waals surface area contributed by atoms with Crippen LogP contribution >= 0.6 is 11.8 Å². The average Bonchev–Trinajstić information content (AvgIpc) is 3.39. The van der Waals surface area contributed by atoms with Crippen molar-refractivity contribution in [3.05, 3.63) is 77.5 Å². The molecular formula is C29H33FN8OS. The fourth-order valence-corrected chi connectivity index (χ4v) is 5.08. The highest BCUT2D eigenvalue weighted by atomic mass is 32.2. The Hall–Kier alpha value is -3.80. The number of nitrogens with zero attached hydrogens (tertiary/aromatic N) is 6. The maximum Gasteiger partial charge on any atom is 0.255 e. The summed E-state index contributed by atoms with van der Waals surface area (Å²) in [5, 5.41) is 10.1. The first-order chi connectivity index (χ1) is 19.3. The molecule has 3 heterocycles. The van der Waals surface area contributed by atoms with E-state index in [-0.39, 0.29) is 23.1 Å². The van der Waals surface area contributed by atoms with Crippen molar-refractivity contribution in [3.8, 4) is 11.3 Å². The van der Waals surface area contributed by atoms with Gasteiger partial charge in [-0.15, -0.1) is 11.8 Å². The molecule has 11 heteroatoms. The third-order valence-corrected chi connectivity index (χ3v) is 7.72. The van der Waals surface area contributed by atoms with Gasteiger partial charge in [0.15, 0.2) is 0 Å². The topological polar surface area (TPSA) is 91.2 Å². The van der Waals surface area contributed by atoms with Crippen LogP contribution in [0.2, 0.25) is 0 Å². The molecule has 0 unspecified atom stereocenters. The third-order valence-electron chi connectivity index (χ3n) is 6.98. The number of aromatic nitrogens is 4. The van der Waals surface area contributed by atoms with E-state index in [9.17, 15) is 4.79 Å². The van der Waals surface area contributed by atoms with Crippen molar-refractivity contribution in [3.63, 3.8) is 0 Å². The van der Waals surface area contributed by atoms with E-state index in [1.54, 1.807) is 23.1 Å². The van der Waals surface area contributed by atoms with Gasteiger partial charge in [0.25, 0.3) is 5.91 Å². The van der Waals surface area contributed by atoms with E-state index < -0.39 is 5.82 Å². The highest BCUT2D eigenvalue weighted by molar-refractivity contribution is 7.98. The average molecular weight is 561 g/mol. The minimum absolute atomic E-state index is 0.177. The summed E-state index contributed by atoms with van der Waals surface area (Å²) in [6, 6.07) is 10.4. The summed E-state index contributed by atoms with van der Waals surface area (Å²) >= 11 is 1.52. The minimum Gasteiger partial charge on any atom is -0.322 e. The quantitative estimate of drug-likeness (QED) is 0.297. The van der Waals surface area contributed by atoms with Gasteiger partial charge in [-0.3, -0.25) is 14.4 Å². The van der Waals surface area contributed by atoms with Crippen molar-refractivity contribution >= 4 is 35.0 Å². The molecule has 1 amide bonds. The molecule has 4 aromatic rings. The van der Waals surface area contributed by atoms with Crippen LogP contribution in [0.1, 0.15) is 21.5 Å². The smallest absolute Gasteiger partial charge is 0.255 e. The lowest BCUT2D eigenvalue weighted by molar-refractivity contribution is 0.102. The number of hydrogen-bond donors (Lipinski definition) is 2. The molecule has 2 N–H and O–H groups in total. The van der Waals surface area contributed by atoms with Crippen molar-refractivity contribution in [2.45, 2.75) is 18.4 Å². The van der Waals surface area contributed by atoms with Gasteiger partial charge in [0.1, 0.15) is 5.82 Å². The SMILES string of the molecule is CSc1cnc(Nc2ccc(C(=O)Nc3cc(CN4CCN(C)CC4)ccc3C)cc2F)nc1-c1cnn(C)c1. The molecule has 0 saturated carbocycles. The third kappa shape index (κ3) is 6.49. The van der Waals surface area contributed by atoms with Crippen LogP contribution in [0.4, 0.5) is 21.7 Å². The lowest BCUT2D eigenvalue weighted by Gasteiger charge is -2.32. The van der Waals surface area contributed by atoms with Gasteiger partial charge >= 0.3 is 0 Å². The Bertz CT molecular complexity index is 1520. The van der Waals surface area contributed by atoms with Crippen LogP contribution in [0.15, 0.2) is 59.9 Å². The maximum absolute atomic E-state index is 15.1. The van der Waals surface area contributed by atoms with E-state index >= 15 is 4.39 Å². The Balaban J connectivity index is 1.28. The van der Waals surface area contributed by atoms with Crippen molar-refractivity contribution in [1.82, 2.24) is 29.5 Å². The molecule has 40 heavy (non-hydrogen) atoms. The number of halogens is 1. The molecular weight excluding hydrogens is 527 g/mol. The van der Waals surface area contributed by atoms with Crippen LogP contribution in [0, 0.1) is 12.7 Å². The first kappa shape index (κ1) is 27.8. The molecule has 208 valence electrons. The maximum atomic E-state index is 15.1. The Kier molecular flexibility index (Phi) is 8.43. The predicted octanol–water partition coefficient (Wildman–Crippen LogP) is 4.79. The summed E-state index contributed by atoms with van der Waals surface area (Å²) in [6.45, 7) is 6.91. The lowest BCUT2D eigenvalue weighted by Crippen LogP contribution is -2.43. The summed E-state index contributed by atoms with van der Waals surface area (Å²) in [7, 11) is 3.97. The number of hydrogen-bond acceptors (Lipinski definition) is 8. The number of rotatable bonds is 8. The largest absolute Gasteiger partial charge is 0.322 e. The summed E-state index contributed by atoms with van der Waals surface area (Å²) in [4.78, 5) is 27.6. The van der Waals surface area contributed by atoms with Crippen molar-refractivity contribution in [1.29, 1.82) is 0 Å². The zero-order chi connectivity index (χ0) is 28.2. The first-order valence-corrected chi connectivity index (χ1v) is 14.3. The van der Waals surface area contributed by atoms with Crippen molar-refractivity contribution < 1.29 is 9.18 Å². The molecule has 1 fully saturated rings. The second-order valence-corrected chi connectivity index (χ2v) is 10.9. The van der Waals surface area contributed by atoms with E-state index in [0.29, 0.717) is 5.69 Å². The number of thioether (sulfide) groups is 1. The van der Waals surface area contributed by atoms with Crippen LogP contribution in [-0.4, -0.2) is 74.9 Å². The Labute approximate surface area is 237 Å². The zero-order valence-corrected chi connectivity index (χ0v) is 23.9. The van der Waals surface area contributed by atoms with Crippen LogP contribution < -0.4 is 10.6 Å². The van der Waals surface area contributed by atoms with Crippen LogP contribution in [0.3, 0.4) is 0 Å². The molecule has 0 bridgehead atoms. The number of carbonyl (C=O) groups is 1. The van der Waals surface area contributed by atoms with Crippen LogP contribution in [0.5, 0.6) is 0 Å². The summed E-state index contributed by atoms with van der Waals surface area (Å²) in [5.41, 5.74) is 4.76. The van der Waals surface area contributed by atoms with Gasteiger partial charge in [0, 0.05) is 69.0 Å². The molecule has 1 aliphatic rings. The molecule has 1 saturated heterocycles. The first-order valence-electron chi connectivity index (χ1n) is 13.1. The molecule has 2 aromatic heterocycles. The van der Waals surface area contributed by atoms with Gasteiger partial charge in [-0.05, 0) is 55.6 Å². The Morgan fingerprint density at radius 3 is 2.55 bits per heavy atom. The molecule has 9 nitrogen and oxygen atoms in total. The molecule has 0 radical (unpaired) electrons. The zero-order valence-electron chi connectivity index (χ0n) is 23.1. The number of carbonyl (C=O) groups excluding carboxylic acids is 1. The van der Waals surface area contributed by atoms with Gasteiger partial charge in [-0.2, -0.15) is 5.10 Å². The van der Waals surface area contributed by atoms with Crippen LogP contribution in [0.25, 0.3) is 11.3 Å². The fourth-order valence-electron chi connectivity index (χ4n) is 4.57. The number of benzene rings is 2. The van der Waals surface area contributed by atoms with E-state index in [4.69, 9.17) is 0 Å². The van der Waals surface area contributed by atoms with E-state index in [1.165, 1.54) is 23.9 Å². The number of anilines is 3. The van der Waals surface area contributed by atoms with Gasteiger partial charge in [0.2, 0.25) is 5.95 Å². The minimum atomic E-state index is -0.575. The lowest BCUT2D eigenvalue weighted by atomic mass is 10.1. The van der Waals surface area contributed by atoms with Crippen molar-refractivity contribution in [2.75, 3.05) is 50.1 Å². The summed E-state index contributed by atoms with van der Waals surface area (Å²) in [6.07, 6.45) is 7.23. The monoisotopic (exact) mass is 560 g/mol. The molecule has 0 spiro atoms. The molecule has 5 rings (SSSR count). The number of piperazine rings is 1. The van der Waals surface area contributed by atoms with Gasteiger partial charge in [-0.25, -0.2) is 14.4 Å². The second-order valence-electron chi connectivity index (χ2n) is 10.0. The highest BCUT2D eigenvalue weighted by Gasteiger charge is 2.17. The van der Waals surface area contributed by atoms with Gasteiger partial charge in [0.05, 0.1) is 22.5 Å². The van der Waals surface area contributed by atoms with E-state index in [1.807, 2.05) is 38.6 Å². The number of amides is 1. The molecule has 0 atom stereocenters. The fraction of sp³-hybridized carbons (Fsp3) is 0.310. The van der Waals surface area contributed by atoms with Gasteiger partial charge in [-0.1, -0.05) is 12.1 Å². The molecule has 2 aromatic carbocycles. The van der Waals surface area contributed by atoms with Crippen LogP contribution in [-0.2, 0) is 13.6 Å². The number of likely N-dealkylation sites (N-methyl/N-ethyl adjacent to an activating group) is 1.